The Kier molecular flexibility index (Phi) is 4.38. The average molecular weight is 243 g/mol. The second-order valence-corrected chi connectivity index (χ2v) is 4.57. The van der Waals surface area contributed by atoms with Gasteiger partial charge in [-0.1, -0.05) is 30.5 Å². The first-order valence-corrected chi connectivity index (χ1v) is 6.28. The number of amides is 1. The molecule has 94 valence electrons. The monoisotopic (exact) mass is 243 g/mol. The van der Waals surface area contributed by atoms with Gasteiger partial charge in [-0.3, -0.25) is 4.79 Å². The molecule has 1 saturated carbocycles. The first-order valence-electron chi connectivity index (χ1n) is 6.28. The molecule has 0 spiro atoms. The van der Waals surface area contributed by atoms with Crippen LogP contribution in [-0.2, 0) is 4.79 Å². The zero-order valence-electron chi connectivity index (χ0n) is 10.2. The third-order valence-electron chi connectivity index (χ3n) is 3.30. The lowest BCUT2D eigenvalue weighted by Gasteiger charge is -2.16. The predicted octanol–water partition coefficient (Wildman–Crippen LogP) is 1.32. The Balaban J connectivity index is 1.91. The van der Waals surface area contributed by atoms with Crippen LogP contribution in [0.15, 0.2) is 30.3 Å². The summed E-state index contributed by atoms with van der Waals surface area (Å²) in [5.74, 6) is 5.34. The van der Waals surface area contributed by atoms with Crippen LogP contribution in [0.2, 0.25) is 0 Å². The van der Waals surface area contributed by atoms with Crippen molar-refractivity contribution in [3.8, 4) is 11.8 Å². The van der Waals surface area contributed by atoms with Crippen molar-refractivity contribution >= 4 is 5.91 Å². The molecule has 2 unspecified atom stereocenters. The Labute approximate surface area is 107 Å². The molecular weight excluding hydrogens is 226 g/mol. The fourth-order valence-corrected chi connectivity index (χ4v) is 2.30. The van der Waals surface area contributed by atoms with E-state index in [1.54, 1.807) is 0 Å². The number of nitrogens with one attached hydrogen (secondary N) is 1. The SMILES string of the molecule is O=C(C#Cc1ccccc1)NC1CCCC1CO. The first kappa shape index (κ1) is 12.7. The van der Waals surface area contributed by atoms with Crippen molar-refractivity contribution in [3.63, 3.8) is 0 Å². The van der Waals surface area contributed by atoms with Gasteiger partial charge in [0.25, 0.3) is 5.91 Å². The second kappa shape index (κ2) is 6.23. The standard InChI is InChI=1S/C15H17NO2/c17-11-13-7-4-8-14(13)16-15(18)10-9-12-5-2-1-3-6-12/h1-3,5-6,13-14,17H,4,7-8,11H2,(H,16,18). The van der Waals surface area contributed by atoms with Crippen LogP contribution in [0, 0.1) is 17.8 Å². The minimum atomic E-state index is -0.260. The second-order valence-electron chi connectivity index (χ2n) is 4.57. The summed E-state index contributed by atoms with van der Waals surface area (Å²) in [4.78, 5) is 11.7. The molecule has 0 heterocycles. The van der Waals surface area contributed by atoms with Crippen molar-refractivity contribution in [2.45, 2.75) is 25.3 Å². The first-order chi connectivity index (χ1) is 8.79. The lowest BCUT2D eigenvalue weighted by Crippen LogP contribution is -2.37. The lowest BCUT2D eigenvalue weighted by molar-refractivity contribution is -0.116. The molecule has 1 aliphatic carbocycles. The van der Waals surface area contributed by atoms with E-state index in [4.69, 9.17) is 5.11 Å². The lowest BCUT2D eigenvalue weighted by atomic mass is 10.1. The van der Waals surface area contributed by atoms with E-state index in [1.165, 1.54) is 0 Å². The Bertz CT molecular complexity index is 458. The molecule has 3 heteroatoms. The summed E-state index contributed by atoms with van der Waals surface area (Å²) in [6.45, 7) is 0.136. The molecule has 0 aromatic heterocycles. The van der Waals surface area contributed by atoms with Crippen LogP contribution >= 0.6 is 0 Å². The van der Waals surface area contributed by atoms with Crippen molar-refractivity contribution in [3.05, 3.63) is 35.9 Å². The van der Waals surface area contributed by atoms with Crippen LogP contribution < -0.4 is 5.32 Å². The highest BCUT2D eigenvalue weighted by atomic mass is 16.3. The zero-order chi connectivity index (χ0) is 12.8. The number of aliphatic hydroxyl groups excluding tert-OH is 1. The van der Waals surface area contributed by atoms with Crippen LogP contribution in [0.5, 0.6) is 0 Å². The van der Waals surface area contributed by atoms with Crippen molar-refractivity contribution < 1.29 is 9.90 Å². The molecule has 1 aromatic carbocycles. The van der Waals surface area contributed by atoms with E-state index in [2.05, 4.69) is 17.2 Å². The van der Waals surface area contributed by atoms with Gasteiger partial charge in [-0.15, -0.1) is 0 Å². The fourth-order valence-electron chi connectivity index (χ4n) is 2.30. The topological polar surface area (TPSA) is 49.3 Å². The molecule has 0 aliphatic heterocycles. The number of carbonyl (C=O) groups excluding carboxylic acids is 1. The number of carbonyl (C=O) groups is 1. The minimum Gasteiger partial charge on any atom is -0.396 e. The average Bonchev–Trinajstić information content (AvgIpc) is 2.85. The molecule has 1 aliphatic rings. The van der Waals surface area contributed by atoms with Gasteiger partial charge in [0.1, 0.15) is 0 Å². The number of hydrogen-bond acceptors (Lipinski definition) is 2. The Morgan fingerprint density at radius 1 is 1.33 bits per heavy atom. The van der Waals surface area contributed by atoms with Gasteiger partial charge in [0.15, 0.2) is 0 Å². The zero-order valence-corrected chi connectivity index (χ0v) is 10.2. The molecule has 3 nitrogen and oxygen atoms in total. The molecule has 0 radical (unpaired) electrons. The molecule has 1 aromatic rings. The predicted molar refractivity (Wildman–Crippen MR) is 69.7 cm³/mol. The van der Waals surface area contributed by atoms with Crippen molar-refractivity contribution in [1.29, 1.82) is 0 Å². The van der Waals surface area contributed by atoms with Gasteiger partial charge in [-0.2, -0.15) is 0 Å². The van der Waals surface area contributed by atoms with E-state index < -0.39 is 0 Å². The van der Waals surface area contributed by atoms with Crippen LogP contribution in [0.3, 0.4) is 0 Å². The minimum absolute atomic E-state index is 0.0765. The Hall–Kier alpha value is -1.79. The molecule has 2 rings (SSSR count). The summed E-state index contributed by atoms with van der Waals surface area (Å²) in [7, 11) is 0. The van der Waals surface area contributed by atoms with Gasteiger partial charge in [0, 0.05) is 30.1 Å². The maximum absolute atomic E-state index is 11.7. The molecule has 1 amide bonds. The van der Waals surface area contributed by atoms with E-state index in [-0.39, 0.29) is 24.5 Å². The number of aliphatic hydroxyl groups is 1. The maximum Gasteiger partial charge on any atom is 0.296 e. The largest absolute Gasteiger partial charge is 0.396 e. The van der Waals surface area contributed by atoms with Crippen LogP contribution in [0.25, 0.3) is 0 Å². The third-order valence-corrected chi connectivity index (χ3v) is 3.30. The molecule has 0 bridgehead atoms. The molecule has 2 N–H and O–H groups in total. The number of hydrogen-bond donors (Lipinski definition) is 2. The summed E-state index contributed by atoms with van der Waals surface area (Å²) in [5.41, 5.74) is 0.831. The van der Waals surface area contributed by atoms with Crippen molar-refractivity contribution in [1.82, 2.24) is 5.32 Å². The third kappa shape index (κ3) is 3.35. The highest BCUT2D eigenvalue weighted by Crippen LogP contribution is 2.24. The summed E-state index contributed by atoms with van der Waals surface area (Å²) < 4.78 is 0. The van der Waals surface area contributed by atoms with Crippen LogP contribution in [0.1, 0.15) is 24.8 Å². The number of benzene rings is 1. The molecule has 2 atom stereocenters. The Morgan fingerprint density at radius 3 is 2.83 bits per heavy atom. The Morgan fingerprint density at radius 2 is 2.11 bits per heavy atom. The summed E-state index contributed by atoms with van der Waals surface area (Å²) in [5, 5.41) is 12.0. The fraction of sp³-hybridized carbons (Fsp3) is 0.400. The van der Waals surface area contributed by atoms with E-state index in [9.17, 15) is 4.79 Å². The van der Waals surface area contributed by atoms with E-state index in [0.29, 0.717) is 0 Å². The van der Waals surface area contributed by atoms with Crippen molar-refractivity contribution in [2.75, 3.05) is 6.61 Å². The van der Waals surface area contributed by atoms with Gasteiger partial charge >= 0.3 is 0 Å². The highest BCUT2D eigenvalue weighted by Gasteiger charge is 2.27. The van der Waals surface area contributed by atoms with Gasteiger partial charge in [0.2, 0.25) is 0 Å². The van der Waals surface area contributed by atoms with Gasteiger partial charge < -0.3 is 10.4 Å². The van der Waals surface area contributed by atoms with Crippen LogP contribution in [0.4, 0.5) is 0 Å². The molecular formula is C15H17NO2. The quantitative estimate of drug-likeness (QED) is 0.770. The number of rotatable bonds is 2. The highest BCUT2D eigenvalue weighted by molar-refractivity contribution is 5.94. The van der Waals surface area contributed by atoms with E-state index in [1.807, 2.05) is 30.3 Å². The van der Waals surface area contributed by atoms with Crippen molar-refractivity contribution in [2.24, 2.45) is 5.92 Å². The summed E-state index contributed by atoms with van der Waals surface area (Å²) in [6, 6.07) is 9.50. The van der Waals surface area contributed by atoms with Crippen LogP contribution in [-0.4, -0.2) is 23.7 Å². The molecule has 1 fully saturated rings. The van der Waals surface area contributed by atoms with Gasteiger partial charge in [-0.05, 0) is 25.0 Å². The van der Waals surface area contributed by atoms with E-state index in [0.717, 1.165) is 24.8 Å². The van der Waals surface area contributed by atoms with Gasteiger partial charge in [0.05, 0.1) is 0 Å². The summed E-state index contributed by atoms with van der Waals surface area (Å²) in [6.07, 6.45) is 2.97. The maximum atomic E-state index is 11.7. The molecule has 0 saturated heterocycles. The van der Waals surface area contributed by atoms with E-state index >= 15 is 0 Å². The molecule has 18 heavy (non-hydrogen) atoms. The summed E-state index contributed by atoms with van der Waals surface area (Å²) >= 11 is 0. The normalized spacial score (nSPS) is 22.1. The smallest absolute Gasteiger partial charge is 0.296 e. The van der Waals surface area contributed by atoms with Gasteiger partial charge in [-0.25, -0.2) is 0 Å².